The molecule has 102 valence electrons. The third-order valence-electron chi connectivity index (χ3n) is 2.39. The molecule has 2 heterocycles. The van der Waals surface area contributed by atoms with Crippen molar-refractivity contribution in [3.8, 4) is 0 Å². The number of hydrogen-bond donors (Lipinski definition) is 4. The van der Waals surface area contributed by atoms with E-state index in [0.29, 0.717) is 0 Å². The molecule has 0 aromatic carbocycles. The predicted molar refractivity (Wildman–Crippen MR) is 64.5 cm³/mol. The number of fused-ring (bicyclic) bond motifs is 1. The maximum absolute atomic E-state index is 11.1. The number of carboxylic acids is 1. The van der Waals surface area contributed by atoms with E-state index in [9.17, 15) is 14.5 Å². The number of aliphatic hydroxyl groups excluding tert-OH is 1. The zero-order valence-electron chi connectivity index (χ0n) is 9.13. The number of pyridine rings is 1. The number of nitrogens with zero attached hydrogens (tertiary/aromatic N) is 2. The van der Waals surface area contributed by atoms with E-state index >= 15 is 0 Å². The van der Waals surface area contributed by atoms with Crippen LogP contribution in [0.2, 0.25) is 5.02 Å². The van der Waals surface area contributed by atoms with E-state index in [4.69, 9.17) is 26.5 Å². The lowest BCUT2D eigenvalue weighted by Crippen LogP contribution is -2.14. The lowest BCUT2D eigenvalue weighted by atomic mass is 10.2. The molecule has 2 rings (SSSR count). The number of carbonyl (C=O) groups is 1. The van der Waals surface area contributed by atoms with Crippen molar-refractivity contribution in [2.75, 3.05) is 0 Å². The minimum atomic E-state index is -4.58. The highest BCUT2D eigenvalue weighted by Crippen LogP contribution is 2.33. The van der Waals surface area contributed by atoms with E-state index in [0.717, 1.165) is 10.6 Å². The summed E-state index contributed by atoms with van der Waals surface area (Å²) in [6, 6.07) is 2.63. The van der Waals surface area contributed by atoms with Gasteiger partial charge >= 0.3 is 13.6 Å². The Labute approximate surface area is 111 Å². The maximum atomic E-state index is 11.1. The van der Waals surface area contributed by atoms with Crippen molar-refractivity contribution < 1.29 is 29.4 Å². The molecule has 0 fully saturated rings. The van der Waals surface area contributed by atoms with Gasteiger partial charge in [-0.05, 0) is 12.1 Å². The van der Waals surface area contributed by atoms with Crippen LogP contribution in [-0.2, 0) is 9.36 Å². The van der Waals surface area contributed by atoms with E-state index in [1.165, 1.54) is 12.1 Å². The minimum Gasteiger partial charge on any atom is -0.479 e. The van der Waals surface area contributed by atoms with Gasteiger partial charge in [0.2, 0.25) is 0 Å². The van der Waals surface area contributed by atoms with Crippen molar-refractivity contribution >= 4 is 36.2 Å². The van der Waals surface area contributed by atoms with Gasteiger partial charge in [0, 0.05) is 6.20 Å². The summed E-state index contributed by atoms with van der Waals surface area (Å²) in [7, 11) is -4.58. The molecule has 0 bridgehead atoms. The van der Waals surface area contributed by atoms with Crippen LogP contribution in [0.4, 0.5) is 0 Å². The van der Waals surface area contributed by atoms with Crippen molar-refractivity contribution in [2.45, 2.75) is 6.10 Å². The molecule has 1 unspecified atom stereocenters. The maximum Gasteiger partial charge on any atom is 0.376 e. The van der Waals surface area contributed by atoms with Crippen molar-refractivity contribution in [3.05, 3.63) is 29.0 Å². The Morgan fingerprint density at radius 1 is 1.42 bits per heavy atom. The van der Waals surface area contributed by atoms with Crippen LogP contribution in [0.3, 0.4) is 0 Å². The average molecular weight is 307 g/mol. The molecule has 19 heavy (non-hydrogen) atoms. The Hall–Kier alpha value is -1.44. The first-order valence-electron chi connectivity index (χ1n) is 4.86. The molecule has 0 aliphatic heterocycles. The molecule has 0 radical (unpaired) electrons. The van der Waals surface area contributed by atoms with Crippen molar-refractivity contribution in [1.29, 1.82) is 0 Å². The van der Waals surface area contributed by atoms with Gasteiger partial charge in [0.05, 0.1) is 10.7 Å². The smallest absolute Gasteiger partial charge is 0.376 e. The van der Waals surface area contributed by atoms with Crippen LogP contribution >= 0.6 is 19.2 Å². The van der Waals surface area contributed by atoms with Gasteiger partial charge in [-0.1, -0.05) is 11.6 Å². The highest BCUT2D eigenvalue weighted by Gasteiger charge is 2.26. The first-order valence-corrected chi connectivity index (χ1v) is 6.85. The van der Waals surface area contributed by atoms with Crippen LogP contribution in [0.1, 0.15) is 11.8 Å². The van der Waals surface area contributed by atoms with E-state index in [2.05, 4.69) is 4.98 Å². The van der Waals surface area contributed by atoms with Gasteiger partial charge in [-0.2, -0.15) is 0 Å². The standard InChI is InChI=1S/C9H8ClN2O6P/c10-4-1-2-5-11-6(19(16,17)18)3-12(5)7(4)8(13)9(14)15/h1-3,8,13H,(H,14,15)(H2,16,17,18). The van der Waals surface area contributed by atoms with Gasteiger partial charge in [-0.3, -0.25) is 8.97 Å². The number of carboxylic acid groups (broad SMARTS) is 1. The SMILES string of the molecule is O=C(O)C(O)c1c(Cl)ccc2nc(P(=O)(O)O)cn12. The fraction of sp³-hybridized carbons (Fsp3) is 0.111. The monoisotopic (exact) mass is 306 g/mol. The van der Waals surface area contributed by atoms with Crippen LogP contribution in [0.25, 0.3) is 5.65 Å². The molecule has 1 atom stereocenters. The Balaban J connectivity index is 2.75. The van der Waals surface area contributed by atoms with Gasteiger partial charge in [-0.25, -0.2) is 9.78 Å². The summed E-state index contributed by atoms with van der Waals surface area (Å²) >= 11 is 5.80. The molecule has 0 saturated heterocycles. The van der Waals surface area contributed by atoms with Gasteiger partial charge < -0.3 is 20.0 Å². The van der Waals surface area contributed by atoms with Crippen molar-refractivity contribution in [1.82, 2.24) is 9.38 Å². The third-order valence-corrected chi connectivity index (χ3v) is 3.53. The van der Waals surface area contributed by atoms with Gasteiger partial charge in [0.1, 0.15) is 5.65 Å². The molecule has 0 saturated carbocycles. The molecule has 4 N–H and O–H groups in total. The summed E-state index contributed by atoms with van der Waals surface area (Å²) in [5.41, 5.74) is -0.689. The largest absolute Gasteiger partial charge is 0.479 e. The Morgan fingerprint density at radius 2 is 2.05 bits per heavy atom. The fourth-order valence-electron chi connectivity index (χ4n) is 1.56. The van der Waals surface area contributed by atoms with Gasteiger partial charge in [-0.15, -0.1) is 0 Å². The Morgan fingerprint density at radius 3 is 2.58 bits per heavy atom. The highest BCUT2D eigenvalue weighted by molar-refractivity contribution is 7.60. The van der Waals surface area contributed by atoms with Gasteiger partial charge in [0.25, 0.3) is 0 Å². The summed E-state index contributed by atoms with van der Waals surface area (Å²) in [4.78, 5) is 32.5. The van der Waals surface area contributed by atoms with E-state index in [-0.39, 0.29) is 16.4 Å². The highest BCUT2D eigenvalue weighted by atomic mass is 35.5. The van der Waals surface area contributed by atoms with E-state index in [1.54, 1.807) is 0 Å². The number of hydrogen-bond acceptors (Lipinski definition) is 4. The quantitative estimate of drug-likeness (QED) is 0.582. The van der Waals surface area contributed by atoms with Crippen LogP contribution in [-0.4, -0.2) is 35.4 Å². The number of aromatic nitrogens is 2. The second kappa shape index (κ2) is 4.59. The summed E-state index contributed by atoms with van der Waals surface area (Å²) in [6.07, 6.45) is -0.987. The lowest BCUT2D eigenvalue weighted by molar-refractivity contribution is -0.147. The van der Waals surface area contributed by atoms with Crippen LogP contribution in [0.5, 0.6) is 0 Å². The molecule has 2 aromatic heterocycles. The van der Waals surface area contributed by atoms with Crippen molar-refractivity contribution in [2.24, 2.45) is 0 Å². The molecular weight excluding hydrogens is 299 g/mol. The number of halogens is 1. The molecule has 0 spiro atoms. The summed E-state index contributed by atoms with van der Waals surface area (Å²) in [6.45, 7) is 0. The fourth-order valence-corrected chi connectivity index (χ4v) is 2.32. The average Bonchev–Trinajstić information content (AvgIpc) is 2.71. The van der Waals surface area contributed by atoms with E-state index in [1.807, 2.05) is 0 Å². The summed E-state index contributed by atoms with van der Waals surface area (Å²) in [5, 5.41) is 18.3. The van der Waals surface area contributed by atoms with E-state index < -0.39 is 25.1 Å². The topological polar surface area (TPSA) is 132 Å². The van der Waals surface area contributed by atoms with Crippen LogP contribution < -0.4 is 5.44 Å². The normalized spacial score (nSPS) is 13.7. The molecule has 10 heteroatoms. The Bertz CT molecular complexity index is 708. The molecular formula is C9H8ClN2O6P. The molecule has 0 amide bonds. The first kappa shape index (κ1) is 14.0. The van der Waals surface area contributed by atoms with Crippen molar-refractivity contribution in [3.63, 3.8) is 0 Å². The molecule has 2 aromatic rings. The Kier molecular flexibility index (Phi) is 3.38. The number of aliphatic hydroxyl groups is 1. The second-order valence-electron chi connectivity index (χ2n) is 3.68. The number of imidazole rings is 1. The second-order valence-corrected chi connectivity index (χ2v) is 5.63. The molecule has 8 nitrogen and oxygen atoms in total. The zero-order valence-corrected chi connectivity index (χ0v) is 10.8. The van der Waals surface area contributed by atoms with Gasteiger partial charge in [0.15, 0.2) is 11.5 Å². The minimum absolute atomic E-state index is 0.0583. The summed E-state index contributed by atoms with van der Waals surface area (Å²) < 4.78 is 12.1. The third kappa shape index (κ3) is 2.49. The number of aliphatic carboxylic acids is 1. The zero-order chi connectivity index (χ0) is 14.4. The predicted octanol–water partition coefficient (Wildman–Crippen LogP) is -0.0913. The molecule has 0 aliphatic carbocycles. The molecule has 0 aliphatic rings. The first-order chi connectivity index (χ1) is 8.71. The number of rotatable bonds is 3. The van der Waals surface area contributed by atoms with Crippen LogP contribution in [0, 0.1) is 0 Å². The van der Waals surface area contributed by atoms with Crippen LogP contribution in [0.15, 0.2) is 18.3 Å². The summed E-state index contributed by atoms with van der Waals surface area (Å²) in [5.74, 6) is -1.54. The lowest BCUT2D eigenvalue weighted by Gasteiger charge is -2.10.